The molecule has 2 N–H and O–H groups in total. The average molecular weight is 522 g/mol. The summed E-state index contributed by atoms with van der Waals surface area (Å²) in [5, 5.41) is 11.2. The number of halogens is 2. The number of hydrogen-bond acceptors (Lipinski definition) is 6. The normalized spacial score (nSPS) is 27.4. The first-order chi connectivity index (χ1) is 15.2. The third kappa shape index (κ3) is 6.28. The zero-order valence-electron chi connectivity index (χ0n) is 20.0. The topological polar surface area (TPSA) is 94.1 Å². The average Bonchev–Trinajstić information content (AvgIpc) is 3.07. The lowest BCUT2D eigenvalue weighted by Gasteiger charge is -2.42. The van der Waals surface area contributed by atoms with Gasteiger partial charge in [-0.2, -0.15) is 0 Å². The molecule has 2 aliphatic heterocycles. The molecular formula is C23H34Cl2N2O5S. The first kappa shape index (κ1) is 26.9. The lowest BCUT2D eigenvalue weighted by atomic mass is 9.78. The molecule has 186 valence electrons. The smallest absolute Gasteiger partial charge is 0.254 e. The number of hydrogen-bond donors (Lipinski definition) is 2. The van der Waals surface area contributed by atoms with Gasteiger partial charge in [0, 0.05) is 36.1 Å². The van der Waals surface area contributed by atoms with Crippen LogP contribution in [-0.4, -0.2) is 56.8 Å². The fourth-order valence-electron chi connectivity index (χ4n) is 4.35. The van der Waals surface area contributed by atoms with Crippen LogP contribution in [0.5, 0.6) is 5.75 Å². The minimum absolute atomic E-state index is 0.000629. The lowest BCUT2D eigenvalue weighted by molar-refractivity contribution is -0.162. The monoisotopic (exact) mass is 520 g/mol. The summed E-state index contributed by atoms with van der Waals surface area (Å²) in [6.45, 7) is 12.6. The summed E-state index contributed by atoms with van der Waals surface area (Å²) in [7, 11) is 0. The van der Waals surface area contributed by atoms with E-state index in [4.69, 9.17) is 32.7 Å². The van der Waals surface area contributed by atoms with Crippen LogP contribution in [0.3, 0.4) is 0 Å². The molecule has 2 aliphatic rings. The van der Waals surface area contributed by atoms with Crippen molar-refractivity contribution in [2.75, 3.05) is 19.7 Å². The molecule has 7 nitrogen and oxygen atoms in total. The Morgan fingerprint density at radius 1 is 1.33 bits per heavy atom. The maximum Gasteiger partial charge on any atom is 0.254 e. The van der Waals surface area contributed by atoms with Crippen LogP contribution in [0, 0.1) is 11.8 Å². The number of likely N-dealkylation sites (tertiary alicyclic amines) is 1. The minimum atomic E-state index is -1.39. The highest BCUT2D eigenvalue weighted by molar-refractivity contribution is 7.90. The highest BCUT2D eigenvalue weighted by atomic mass is 35.5. The zero-order chi connectivity index (χ0) is 24.7. The van der Waals surface area contributed by atoms with Crippen molar-refractivity contribution in [1.29, 1.82) is 0 Å². The highest BCUT2D eigenvalue weighted by Crippen LogP contribution is 2.42. The molecule has 10 heteroatoms. The Labute approximate surface area is 209 Å². The van der Waals surface area contributed by atoms with Gasteiger partial charge in [-0.05, 0) is 58.9 Å². The Hall–Kier alpha value is -0.740. The van der Waals surface area contributed by atoms with Gasteiger partial charge in [-0.25, -0.2) is 0 Å². The second-order valence-corrected chi connectivity index (χ2v) is 13.1. The Bertz CT molecular complexity index is 879. The molecule has 2 fully saturated rings. The molecule has 3 rings (SSSR count). The van der Waals surface area contributed by atoms with E-state index in [9.17, 15) is 14.5 Å². The van der Waals surface area contributed by atoms with Crippen LogP contribution in [-0.2, 0) is 25.6 Å². The van der Waals surface area contributed by atoms with E-state index in [-0.39, 0.29) is 35.1 Å². The first-order valence-corrected chi connectivity index (χ1v) is 13.1. The van der Waals surface area contributed by atoms with E-state index >= 15 is 0 Å². The molecule has 2 saturated heterocycles. The third-order valence-electron chi connectivity index (χ3n) is 6.19. The second kappa shape index (κ2) is 10.1. The molecular weight excluding hydrogens is 487 g/mol. The van der Waals surface area contributed by atoms with Gasteiger partial charge >= 0.3 is 0 Å². The van der Waals surface area contributed by atoms with Crippen molar-refractivity contribution in [2.24, 2.45) is 11.8 Å². The van der Waals surface area contributed by atoms with Crippen LogP contribution in [0.15, 0.2) is 12.1 Å². The summed E-state index contributed by atoms with van der Waals surface area (Å²) in [4.78, 5) is 14.8. The molecule has 33 heavy (non-hydrogen) atoms. The van der Waals surface area contributed by atoms with Crippen LogP contribution in [0.25, 0.3) is 0 Å². The molecule has 0 radical (unpaired) electrons. The lowest BCUT2D eigenvalue weighted by Crippen LogP contribution is -2.51. The van der Waals surface area contributed by atoms with Crippen molar-refractivity contribution in [3.8, 4) is 5.75 Å². The zero-order valence-corrected chi connectivity index (χ0v) is 22.3. The van der Waals surface area contributed by atoms with Crippen molar-refractivity contribution >= 4 is 40.5 Å². The molecule has 0 aromatic heterocycles. The van der Waals surface area contributed by atoms with E-state index in [0.717, 1.165) is 0 Å². The van der Waals surface area contributed by atoms with Crippen molar-refractivity contribution in [3.63, 3.8) is 0 Å². The van der Waals surface area contributed by atoms with E-state index in [2.05, 4.69) is 11.6 Å². The fourth-order valence-corrected chi connectivity index (χ4v) is 5.56. The van der Waals surface area contributed by atoms with Gasteiger partial charge in [0.25, 0.3) is 5.91 Å². The molecule has 0 bridgehead atoms. The van der Waals surface area contributed by atoms with Crippen LogP contribution in [0.2, 0.25) is 10.0 Å². The van der Waals surface area contributed by atoms with E-state index in [1.807, 2.05) is 25.7 Å². The van der Waals surface area contributed by atoms with Crippen LogP contribution < -0.4 is 4.72 Å². The summed E-state index contributed by atoms with van der Waals surface area (Å²) < 4.78 is 27.1. The second-order valence-electron chi connectivity index (χ2n) is 10.3. The largest absolute Gasteiger partial charge is 0.598 e. The molecule has 1 aromatic rings. The number of piperidine rings is 1. The number of nitrogens with one attached hydrogen (secondary N) is 1. The number of carbonyl (C=O) groups is 1. The van der Waals surface area contributed by atoms with Gasteiger partial charge in [0.1, 0.15) is 10.5 Å². The number of aromatic hydroxyl groups is 1. The number of nitrogens with zero attached hydrogens (tertiary/aromatic N) is 1. The summed E-state index contributed by atoms with van der Waals surface area (Å²) >= 11 is 11.0. The standard InChI is InChI=1S/C23H34Cl2N2O5S/c1-13-11-27(21(29)19-12-31-23(5,6)32-19)8-7-14(13)20(26-33(30)22(2,3)4)15-9-16(24)17(25)10-18(15)28/h9-10,13-14,19-20,26,28H,7-8,11-12H2,1-6H3/t13-,14+,19-,20-,33?/m1/s1. The van der Waals surface area contributed by atoms with Crippen molar-refractivity contribution in [1.82, 2.24) is 9.62 Å². The third-order valence-corrected chi connectivity index (χ3v) is 8.49. The van der Waals surface area contributed by atoms with E-state index in [1.54, 1.807) is 19.9 Å². The number of phenolic OH excluding ortho intramolecular Hbond substituents is 1. The van der Waals surface area contributed by atoms with E-state index < -0.39 is 34.0 Å². The van der Waals surface area contributed by atoms with Gasteiger partial charge in [0.2, 0.25) is 0 Å². The van der Waals surface area contributed by atoms with Crippen LogP contribution in [0.1, 0.15) is 59.6 Å². The maximum absolute atomic E-state index is 13.0. The van der Waals surface area contributed by atoms with Gasteiger partial charge in [-0.3, -0.25) is 4.79 Å². The maximum atomic E-state index is 13.0. The van der Waals surface area contributed by atoms with Crippen molar-refractivity contribution < 1.29 is 23.9 Å². The van der Waals surface area contributed by atoms with Gasteiger partial charge in [-0.15, -0.1) is 4.72 Å². The number of phenols is 1. The van der Waals surface area contributed by atoms with Gasteiger partial charge < -0.3 is 24.0 Å². The predicted octanol–water partition coefficient (Wildman–Crippen LogP) is 4.43. The summed E-state index contributed by atoms with van der Waals surface area (Å²) in [5.41, 5.74) is 0.549. The predicted molar refractivity (Wildman–Crippen MR) is 131 cm³/mol. The van der Waals surface area contributed by atoms with Crippen LogP contribution >= 0.6 is 23.2 Å². The quantitative estimate of drug-likeness (QED) is 0.557. The summed E-state index contributed by atoms with van der Waals surface area (Å²) in [6, 6.07) is 2.61. The minimum Gasteiger partial charge on any atom is -0.598 e. The van der Waals surface area contributed by atoms with Gasteiger partial charge in [0.15, 0.2) is 11.9 Å². The highest BCUT2D eigenvalue weighted by Gasteiger charge is 2.43. The Balaban J connectivity index is 1.82. The fraction of sp³-hybridized carbons (Fsp3) is 0.696. The number of benzene rings is 1. The Morgan fingerprint density at radius 3 is 2.52 bits per heavy atom. The molecule has 1 amide bonds. The SMILES string of the molecule is C[C@@H]1CN(C(=O)[C@H]2COC(C)(C)O2)CC[C@@H]1[C@@H](N[S+]([O-])C(C)(C)C)c1cc(Cl)c(Cl)cc1O. The molecule has 0 aliphatic carbocycles. The summed E-state index contributed by atoms with van der Waals surface area (Å²) in [6.07, 6.45) is 0.0490. The van der Waals surface area contributed by atoms with E-state index in [0.29, 0.717) is 30.1 Å². The molecule has 0 saturated carbocycles. The van der Waals surface area contributed by atoms with Gasteiger partial charge in [0.05, 0.1) is 22.7 Å². The molecule has 1 unspecified atom stereocenters. The van der Waals surface area contributed by atoms with Gasteiger partial charge in [-0.1, -0.05) is 30.1 Å². The number of amides is 1. The number of rotatable bonds is 5. The Morgan fingerprint density at radius 2 is 1.97 bits per heavy atom. The van der Waals surface area contributed by atoms with Crippen molar-refractivity contribution in [2.45, 2.75) is 70.6 Å². The molecule has 0 spiro atoms. The number of carbonyl (C=O) groups excluding carboxylic acids is 1. The Kier molecular flexibility index (Phi) is 8.21. The first-order valence-electron chi connectivity index (χ1n) is 11.2. The molecule has 1 aromatic carbocycles. The number of ether oxygens (including phenoxy) is 2. The van der Waals surface area contributed by atoms with E-state index in [1.165, 1.54) is 6.07 Å². The van der Waals surface area contributed by atoms with Crippen molar-refractivity contribution in [3.05, 3.63) is 27.7 Å². The summed E-state index contributed by atoms with van der Waals surface area (Å²) in [5.74, 6) is -0.785. The molecule has 5 atom stereocenters. The molecule has 2 heterocycles. The van der Waals surface area contributed by atoms with Crippen LogP contribution in [0.4, 0.5) is 0 Å².